The molecule has 6 heteroatoms. The van der Waals surface area contributed by atoms with Crippen LogP contribution in [-0.2, 0) is 4.79 Å². The van der Waals surface area contributed by atoms with E-state index in [2.05, 4.69) is 10.7 Å². The second kappa shape index (κ2) is 9.69. The highest BCUT2D eigenvalue weighted by atomic mass is 16.5. The molecule has 2 N–H and O–H groups in total. The second-order valence-corrected chi connectivity index (χ2v) is 8.19. The number of hydrogen-bond donors (Lipinski definition) is 2. The van der Waals surface area contributed by atoms with Gasteiger partial charge in [-0.1, -0.05) is 47.5 Å². The molecule has 3 aromatic carbocycles. The van der Waals surface area contributed by atoms with Gasteiger partial charge >= 0.3 is 5.91 Å². The second-order valence-electron chi connectivity index (χ2n) is 8.19. The molecule has 1 aliphatic rings. The van der Waals surface area contributed by atoms with E-state index in [0.29, 0.717) is 12.2 Å². The van der Waals surface area contributed by atoms with Crippen molar-refractivity contribution in [2.75, 3.05) is 6.61 Å². The molecule has 6 nitrogen and oxygen atoms in total. The van der Waals surface area contributed by atoms with E-state index < -0.39 is 12.1 Å². The molecule has 0 unspecified atom stereocenters. The molecule has 3 aromatic rings. The molecule has 168 valence electrons. The van der Waals surface area contributed by atoms with Crippen molar-refractivity contribution in [2.45, 2.75) is 32.9 Å². The molecule has 33 heavy (non-hydrogen) atoms. The molecule has 0 radical (unpaired) electrons. The normalized spacial score (nSPS) is 18.8. The molecule has 2 atom stereocenters. The van der Waals surface area contributed by atoms with E-state index in [9.17, 15) is 9.59 Å². The van der Waals surface area contributed by atoms with Gasteiger partial charge in [-0.05, 0) is 57.2 Å². The van der Waals surface area contributed by atoms with E-state index in [0.717, 1.165) is 28.0 Å². The minimum atomic E-state index is -0.750. The third kappa shape index (κ3) is 5.12. The molecule has 1 saturated heterocycles. The Hall–Kier alpha value is -3.93. The summed E-state index contributed by atoms with van der Waals surface area (Å²) in [4.78, 5) is 26.0. The maximum Gasteiger partial charge on any atom is 0.304 e. The molecular weight excluding hydrogens is 414 g/mol. The van der Waals surface area contributed by atoms with Gasteiger partial charge < -0.3 is 10.1 Å². The van der Waals surface area contributed by atoms with Crippen molar-refractivity contribution in [3.05, 3.63) is 101 Å². The topological polar surface area (TPSA) is 70.4 Å². The highest BCUT2D eigenvalue weighted by molar-refractivity contribution is 5.98. The van der Waals surface area contributed by atoms with Crippen molar-refractivity contribution in [1.82, 2.24) is 10.7 Å². The minimum absolute atomic E-state index is 0.260. The predicted molar refractivity (Wildman–Crippen MR) is 128 cm³/mol. The monoisotopic (exact) mass is 442 g/mol. The standard InChI is InChI=1S/C27H27N3O3/c1-4-33-23-14-10-20(11-15-23)17-30-25(21-12-8-18(2)9-13-21)24(27(32)29-30)28-26(31)22-7-5-6-19(3)16-22/h5-17,24-25H,4H2,1-3H3,(H-,28,29,31,32)/p+1/b30-17-/t24-,25-/m0/s1. The average Bonchev–Trinajstić information content (AvgIpc) is 3.10. The summed E-state index contributed by atoms with van der Waals surface area (Å²) in [5.41, 5.74) is 7.38. The molecule has 0 spiro atoms. The number of nitrogens with zero attached hydrogens (tertiary/aromatic N) is 1. The number of hydrogen-bond acceptors (Lipinski definition) is 3. The molecule has 0 aromatic heterocycles. The fraction of sp³-hybridized carbons (Fsp3) is 0.222. The van der Waals surface area contributed by atoms with Crippen molar-refractivity contribution in [2.24, 2.45) is 0 Å². The van der Waals surface area contributed by atoms with Crippen molar-refractivity contribution in [3.63, 3.8) is 0 Å². The van der Waals surface area contributed by atoms with Gasteiger partial charge in [-0.25, -0.2) is 0 Å². The van der Waals surface area contributed by atoms with Gasteiger partial charge in [0.1, 0.15) is 5.75 Å². The van der Waals surface area contributed by atoms with Crippen LogP contribution in [0.15, 0.2) is 72.8 Å². The van der Waals surface area contributed by atoms with Gasteiger partial charge in [0.05, 0.1) is 6.61 Å². The Morgan fingerprint density at radius 1 is 1.03 bits per heavy atom. The Kier molecular flexibility index (Phi) is 6.54. The number of rotatable bonds is 6. The van der Waals surface area contributed by atoms with Gasteiger partial charge in [0.2, 0.25) is 12.3 Å². The Balaban J connectivity index is 1.67. The van der Waals surface area contributed by atoms with Crippen molar-refractivity contribution in [1.29, 1.82) is 0 Å². The smallest absolute Gasteiger partial charge is 0.304 e. The van der Waals surface area contributed by atoms with E-state index in [-0.39, 0.29) is 11.8 Å². The number of benzene rings is 3. The van der Waals surface area contributed by atoms with Crippen molar-refractivity contribution < 1.29 is 19.0 Å². The zero-order valence-electron chi connectivity index (χ0n) is 19.0. The number of amides is 2. The van der Waals surface area contributed by atoms with Crippen molar-refractivity contribution in [3.8, 4) is 5.75 Å². The van der Waals surface area contributed by atoms with Crippen LogP contribution in [0.2, 0.25) is 0 Å². The van der Waals surface area contributed by atoms with Crippen LogP contribution in [0, 0.1) is 13.8 Å². The zero-order chi connectivity index (χ0) is 23.4. The SMILES string of the molecule is CCOc1ccc(/C=[N+]2\NC(=O)[C@@H](NC(=O)c3cccc(C)c3)[C@@H]2c2ccc(C)cc2)cc1. The summed E-state index contributed by atoms with van der Waals surface area (Å²) in [6, 6.07) is 21.8. The van der Waals surface area contributed by atoms with Gasteiger partial charge in [0.15, 0.2) is 6.04 Å². The molecule has 1 fully saturated rings. The zero-order valence-corrected chi connectivity index (χ0v) is 19.0. The lowest BCUT2D eigenvalue weighted by Gasteiger charge is -2.15. The molecule has 0 aliphatic carbocycles. The van der Waals surface area contributed by atoms with Crippen LogP contribution in [0.1, 0.15) is 45.6 Å². The van der Waals surface area contributed by atoms with Gasteiger partial charge in [-0.15, -0.1) is 10.1 Å². The molecule has 1 heterocycles. The van der Waals surface area contributed by atoms with Gasteiger partial charge in [0, 0.05) is 16.7 Å². The predicted octanol–water partition coefficient (Wildman–Crippen LogP) is 3.72. The first kappa shape index (κ1) is 22.3. The summed E-state index contributed by atoms with van der Waals surface area (Å²) in [6.07, 6.45) is 1.87. The Bertz CT molecular complexity index is 1180. The molecule has 0 bridgehead atoms. The first-order valence-electron chi connectivity index (χ1n) is 11.1. The summed E-state index contributed by atoms with van der Waals surface area (Å²) in [5.74, 6) is 0.251. The van der Waals surface area contributed by atoms with E-state index in [1.165, 1.54) is 0 Å². The fourth-order valence-corrected chi connectivity index (χ4v) is 3.93. The lowest BCUT2D eigenvalue weighted by Crippen LogP contribution is -2.42. The van der Waals surface area contributed by atoms with Crippen LogP contribution in [0.3, 0.4) is 0 Å². The van der Waals surface area contributed by atoms with Crippen LogP contribution in [0.25, 0.3) is 0 Å². The Morgan fingerprint density at radius 2 is 1.76 bits per heavy atom. The van der Waals surface area contributed by atoms with Crippen LogP contribution < -0.4 is 15.5 Å². The minimum Gasteiger partial charge on any atom is -0.494 e. The van der Waals surface area contributed by atoms with E-state index >= 15 is 0 Å². The fourth-order valence-electron chi connectivity index (χ4n) is 3.93. The highest BCUT2D eigenvalue weighted by Gasteiger charge is 2.47. The maximum absolute atomic E-state index is 13.0. The van der Waals surface area contributed by atoms with Crippen LogP contribution in [0.5, 0.6) is 5.75 Å². The van der Waals surface area contributed by atoms with E-state index in [1.54, 1.807) is 10.8 Å². The lowest BCUT2D eigenvalue weighted by molar-refractivity contribution is -0.596. The third-order valence-electron chi connectivity index (χ3n) is 5.60. The van der Waals surface area contributed by atoms with E-state index in [4.69, 9.17) is 4.74 Å². The summed E-state index contributed by atoms with van der Waals surface area (Å²) < 4.78 is 7.28. The third-order valence-corrected chi connectivity index (χ3v) is 5.60. The molecule has 0 saturated carbocycles. The highest BCUT2D eigenvalue weighted by Crippen LogP contribution is 2.26. The van der Waals surface area contributed by atoms with Crippen molar-refractivity contribution >= 4 is 18.0 Å². The van der Waals surface area contributed by atoms with Crippen LogP contribution in [0.4, 0.5) is 0 Å². The maximum atomic E-state index is 13.0. The molecular formula is C27H28N3O3+. The van der Waals surface area contributed by atoms with Crippen LogP contribution in [-0.4, -0.2) is 35.4 Å². The molecule has 2 amide bonds. The first-order valence-corrected chi connectivity index (χ1v) is 11.1. The summed E-state index contributed by atoms with van der Waals surface area (Å²) in [5, 5.41) is 2.94. The Morgan fingerprint density at radius 3 is 2.42 bits per heavy atom. The average molecular weight is 443 g/mol. The number of nitrogens with one attached hydrogen (secondary N) is 2. The molecule has 4 rings (SSSR count). The Labute approximate surface area is 193 Å². The number of hydrazone groups is 1. The quantitative estimate of drug-likeness (QED) is 0.572. The largest absolute Gasteiger partial charge is 0.494 e. The lowest BCUT2D eigenvalue weighted by atomic mass is 9.98. The summed E-state index contributed by atoms with van der Waals surface area (Å²) >= 11 is 0. The van der Waals surface area contributed by atoms with E-state index in [1.807, 2.05) is 93.7 Å². The first-order chi connectivity index (χ1) is 15.9. The molecule has 1 aliphatic heterocycles. The summed E-state index contributed by atoms with van der Waals surface area (Å²) in [6.45, 7) is 6.49. The van der Waals surface area contributed by atoms with Gasteiger partial charge in [-0.3, -0.25) is 9.59 Å². The van der Waals surface area contributed by atoms with Gasteiger partial charge in [-0.2, -0.15) is 0 Å². The number of ether oxygens (including phenoxy) is 1. The number of carbonyl (C=O) groups excluding carboxylic acids is 2. The summed E-state index contributed by atoms with van der Waals surface area (Å²) in [7, 11) is 0. The van der Waals surface area contributed by atoms with Crippen LogP contribution >= 0.6 is 0 Å². The van der Waals surface area contributed by atoms with Gasteiger partial charge in [0.25, 0.3) is 5.91 Å². The number of aryl methyl sites for hydroxylation is 2. The number of hydrazine groups is 1. The number of carbonyl (C=O) groups is 2.